The largest absolute Gasteiger partial charge is 0.450 e. The smallest absolute Gasteiger partial charge is 0.411 e. The highest BCUT2D eigenvalue weighted by Crippen LogP contribution is 2.23. The molecule has 0 aromatic heterocycles. The Bertz CT molecular complexity index is 425. The second-order valence-corrected chi connectivity index (χ2v) is 5.07. The molecule has 1 saturated carbocycles. The second-order valence-electron chi connectivity index (χ2n) is 5.07. The fraction of sp³-hybridized carbons (Fsp3) is 0.533. The Hall–Kier alpha value is -1.75. The number of anilines is 2. The summed E-state index contributed by atoms with van der Waals surface area (Å²) in [5, 5.41) is 15.6. The number of hydrogen-bond donors (Lipinski definition) is 3. The molecule has 1 aromatic carbocycles. The molecule has 0 heterocycles. The predicted octanol–water partition coefficient (Wildman–Crippen LogP) is 2.97. The van der Waals surface area contributed by atoms with Gasteiger partial charge in [-0.2, -0.15) is 0 Å². The number of ether oxygens (including phenoxy) is 1. The van der Waals surface area contributed by atoms with Gasteiger partial charge in [0.05, 0.1) is 12.7 Å². The van der Waals surface area contributed by atoms with Crippen LogP contribution in [0.25, 0.3) is 0 Å². The monoisotopic (exact) mass is 278 g/mol. The van der Waals surface area contributed by atoms with Gasteiger partial charge in [-0.1, -0.05) is 0 Å². The van der Waals surface area contributed by atoms with E-state index in [4.69, 9.17) is 4.74 Å². The van der Waals surface area contributed by atoms with E-state index < -0.39 is 6.09 Å². The standard InChI is InChI=1S/C15H22N2O3/c1-2-20-15(19)17-13-5-3-11(4-6-13)16-12-7-9-14(18)10-8-12/h3-6,12,14,16,18H,2,7-10H2,1H3,(H,17,19). The maximum atomic E-state index is 11.3. The number of rotatable bonds is 4. The zero-order valence-electron chi connectivity index (χ0n) is 11.8. The molecule has 3 N–H and O–H groups in total. The van der Waals surface area contributed by atoms with Crippen molar-refractivity contribution in [3.05, 3.63) is 24.3 Å². The molecule has 1 aliphatic rings. The van der Waals surface area contributed by atoms with Gasteiger partial charge in [0, 0.05) is 17.4 Å². The van der Waals surface area contributed by atoms with Gasteiger partial charge >= 0.3 is 6.09 Å². The first-order valence-corrected chi connectivity index (χ1v) is 7.16. The van der Waals surface area contributed by atoms with Crippen LogP contribution < -0.4 is 10.6 Å². The summed E-state index contributed by atoms with van der Waals surface area (Å²) in [6, 6.07) is 7.98. The zero-order chi connectivity index (χ0) is 14.4. The number of hydrogen-bond acceptors (Lipinski definition) is 4. The van der Waals surface area contributed by atoms with Crippen molar-refractivity contribution in [3.8, 4) is 0 Å². The fourth-order valence-corrected chi connectivity index (χ4v) is 2.39. The van der Waals surface area contributed by atoms with Crippen molar-refractivity contribution in [2.75, 3.05) is 17.2 Å². The highest BCUT2D eigenvalue weighted by atomic mass is 16.5. The Labute approximate surface area is 119 Å². The van der Waals surface area contributed by atoms with E-state index in [9.17, 15) is 9.90 Å². The summed E-state index contributed by atoms with van der Waals surface area (Å²) in [5.41, 5.74) is 1.74. The van der Waals surface area contributed by atoms with Crippen LogP contribution >= 0.6 is 0 Å². The average Bonchev–Trinajstić information content (AvgIpc) is 2.44. The van der Waals surface area contributed by atoms with E-state index in [1.54, 1.807) is 6.92 Å². The van der Waals surface area contributed by atoms with Gasteiger partial charge in [0.15, 0.2) is 0 Å². The van der Waals surface area contributed by atoms with Crippen LogP contribution in [0, 0.1) is 0 Å². The molecule has 2 rings (SSSR count). The van der Waals surface area contributed by atoms with E-state index in [0.29, 0.717) is 18.3 Å². The predicted molar refractivity (Wildman–Crippen MR) is 79.0 cm³/mol. The zero-order valence-corrected chi connectivity index (χ0v) is 11.8. The number of aliphatic hydroxyl groups excluding tert-OH is 1. The van der Waals surface area contributed by atoms with Crippen molar-refractivity contribution in [2.45, 2.75) is 44.8 Å². The summed E-state index contributed by atoms with van der Waals surface area (Å²) >= 11 is 0. The molecule has 1 aromatic rings. The molecular weight excluding hydrogens is 256 g/mol. The minimum absolute atomic E-state index is 0.135. The van der Waals surface area contributed by atoms with E-state index in [1.165, 1.54) is 0 Å². The number of nitrogens with one attached hydrogen (secondary N) is 2. The number of amides is 1. The van der Waals surface area contributed by atoms with Crippen molar-refractivity contribution < 1.29 is 14.6 Å². The Morgan fingerprint density at radius 2 is 1.80 bits per heavy atom. The van der Waals surface area contributed by atoms with Crippen LogP contribution in [-0.4, -0.2) is 30.0 Å². The minimum atomic E-state index is -0.436. The maximum absolute atomic E-state index is 11.3. The lowest BCUT2D eigenvalue weighted by Crippen LogP contribution is -2.28. The maximum Gasteiger partial charge on any atom is 0.411 e. The Morgan fingerprint density at radius 1 is 1.20 bits per heavy atom. The third kappa shape index (κ3) is 4.42. The van der Waals surface area contributed by atoms with Gasteiger partial charge < -0.3 is 15.2 Å². The van der Waals surface area contributed by atoms with Gasteiger partial charge in [0.2, 0.25) is 0 Å². The van der Waals surface area contributed by atoms with Crippen molar-refractivity contribution >= 4 is 17.5 Å². The molecule has 0 spiro atoms. The van der Waals surface area contributed by atoms with Crippen LogP contribution in [0.1, 0.15) is 32.6 Å². The van der Waals surface area contributed by atoms with Crippen LogP contribution in [0.15, 0.2) is 24.3 Å². The van der Waals surface area contributed by atoms with E-state index in [2.05, 4.69) is 10.6 Å². The van der Waals surface area contributed by atoms with E-state index in [-0.39, 0.29) is 6.10 Å². The average molecular weight is 278 g/mol. The summed E-state index contributed by atoms with van der Waals surface area (Å²) < 4.78 is 4.82. The summed E-state index contributed by atoms with van der Waals surface area (Å²) in [6.07, 6.45) is 3.13. The number of aliphatic hydroxyl groups is 1. The lowest BCUT2D eigenvalue weighted by Gasteiger charge is -2.27. The molecule has 0 radical (unpaired) electrons. The molecule has 0 atom stereocenters. The molecule has 1 aliphatic carbocycles. The molecule has 20 heavy (non-hydrogen) atoms. The molecule has 0 bridgehead atoms. The summed E-state index contributed by atoms with van der Waals surface area (Å²) in [7, 11) is 0. The Morgan fingerprint density at radius 3 is 2.40 bits per heavy atom. The molecule has 0 aliphatic heterocycles. The van der Waals surface area contributed by atoms with Crippen LogP contribution in [0.4, 0.5) is 16.2 Å². The molecule has 1 amide bonds. The molecule has 110 valence electrons. The van der Waals surface area contributed by atoms with Crippen LogP contribution in [0.2, 0.25) is 0 Å². The van der Waals surface area contributed by atoms with E-state index in [0.717, 1.165) is 31.4 Å². The first kappa shape index (κ1) is 14.7. The Balaban J connectivity index is 1.83. The van der Waals surface area contributed by atoms with Gasteiger partial charge in [-0.05, 0) is 56.9 Å². The van der Waals surface area contributed by atoms with Crippen LogP contribution in [0.3, 0.4) is 0 Å². The van der Waals surface area contributed by atoms with Gasteiger partial charge in [-0.15, -0.1) is 0 Å². The molecule has 0 unspecified atom stereocenters. The van der Waals surface area contributed by atoms with Gasteiger partial charge in [-0.25, -0.2) is 4.79 Å². The third-order valence-electron chi connectivity index (χ3n) is 3.47. The third-order valence-corrected chi connectivity index (χ3v) is 3.47. The highest BCUT2D eigenvalue weighted by Gasteiger charge is 2.18. The topological polar surface area (TPSA) is 70.6 Å². The van der Waals surface area contributed by atoms with Crippen LogP contribution in [0.5, 0.6) is 0 Å². The van der Waals surface area contributed by atoms with Crippen LogP contribution in [-0.2, 0) is 4.74 Å². The lowest BCUT2D eigenvalue weighted by atomic mass is 9.93. The second kappa shape index (κ2) is 7.14. The molecule has 0 saturated heterocycles. The summed E-state index contributed by atoms with van der Waals surface area (Å²) in [4.78, 5) is 11.3. The molecule has 1 fully saturated rings. The fourth-order valence-electron chi connectivity index (χ4n) is 2.39. The SMILES string of the molecule is CCOC(=O)Nc1ccc(NC2CCC(O)CC2)cc1. The van der Waals surface area contributed by atoms with E-state index in [1.807, 2.05) is 24.3 Å². The van der Waals surface area contributed by atoms with Gasteiger partial charge in [0.25, 0.3) is 0 Å². The molecule has 5 heteroatoms. The summed E-state index contributed by atoms with van der Waals surface area (Å²) in [5.74, 6) is 0. The Kier molecular flexibility index (Phi) is 5.24. The van der Waals surface area contributed by atoms with Gasteiger partial charge in [0.1, 0.15) is 0 Å². The molecule has 5 nitrogen and oxygen atoms in total. The first-order valence-electron chi connectivity index (χ1n) is 7.16. The highest BCUT2D eigenvalue weighted by molar-refractivity contribution is 5.84. The minimum Gasteiger partial charge on any atom is -0.450 e. The van der Waals surface area contributed by atoms with Crippen molar-refractivity contribution in [1.82, 2.24) is 0 Å². The van der Waals surface area contributed by atoms with Gasteiger partial charge in [-0.3, -0.25) is 5.32 Å². The van der Waals surface area contributed by atoms with Crippen molar-refractivity contribution in [1.29, 1.82) is 0 Å². The first-order chi connectivity index (χ1) is 9.67. The summed E-state index contributed by atoms with van der Waals surface area (Å²) in [6.45, 7) is 2.13. The normalized spacial score (nSPS) is 22.1. The quantitative estimate of drug-likeness (QED) is 0.792. The number of carbonyl (C=O) groups excluding carboxylic acids is 1. The number of benzene rings is 1. The number of carbonyl (C=O) groups is 1. The molecular formula is C15H22N2O3. The van der Waals surface area contributed by atoms with Crippen molar-refractivity contribution in [3.63, 3.8) is 0 Å². The van der Waals surface area contributed by atoms with Crippen molar-refractivity contribution in [2.24, 2.45) is 0 Å². The van der Waals surface area contributed by atoms with E-state index >= 15 is 0 Å². The lowest BCUT2D eigenvalue weighted by molar-refractivity contribution is 0.126.